The third kappa shape index (κ3) is 3.30. The van der Waals surface area contributed by atoms with Gasteiger partial charge in [0.15, 0.2) is 0 Å². The predicted octanol–water partition coefficient (Wildman–Crippen LogP) is 7.72. The van der Waals surface area contributed by atoms with Crippen molar-refractivity contribution >= 4 is 0 Å². The molecule has 4 aliphatic rings. The van der Waals surface area contributed by atoms with Crippen LogP contribution in [-0.4, -0.2) is 0 Å². The highest BCUT2D eigenvalue weighted by Gasteiger charge is 2.59. The average molecular weight is 369 g/mol. The van der Waals surface area contributed by atoms with E-state index < -0.39 is 0 Å². The zero-order valence-electron chi connectivity index (χ0n) is 18.8. The van der Waals surface area contributed by atoms with Crippen LogP contribution in [0.1, 0.15) is 105 Å². The molecule has 1 unspecified atom stereocenters. The molecule has 0 N–H and O–H groups in total. The second-order valence-corrected chi connectivity index (χ2v) is 11.9. The summed E-state index contributed by atoms with van der Waals surface area (Å²) in [5.41, 5.74) is 1.18. The molecule has 0 aliphatic heterocycles. The van der Waals surface area contributed by atoms with Crippen molar-refractivity contribution in [3.63, 3.8) is 0 Å². The van der Waals surface area contributed by atoms with Crippen LogP contribution >= 0.6 is 0 Å². The fraction of sp³-hybridized carbons (Fsp3) is 0.926. The lowest BCUT2D eigenvalue weighted by atomic mass is 9.45. The largest absolute Gasteiger partial charge is 0.103 e. The highest BCUT2D eigenvalue weighted by Crippen LogP contribution is 2.67. The molecule has 0 aromatic heterocycles. The van der Waals surface area contributed by atoms with Gasteiger partial charge in [0.25, 0.3) is 0 Å². The van der Waals surface area contributed by atoms with Crippen LogP contribution in [-0.2, 0) is 0 Å². The maximum Gasteiger partial charge on any atom is 0.0259 e. The molecule has 8 atom stereocenters. The maximum atomic E-state index is 3.67. The van der Waals surface area contributed by atoms with E-state index in [1.54, 1.807) is 0 Å². The van der Waals surface area contributed by atoms with Crippen molar-refractivity contribution in [2.75, 3.05) is 0 Å². The normalized spacial score (nSPS) is 46.8. The lowest BCUT2D eigenvalue weighted by molar-refractivity contribution is -0.0928. The lowest BCUT2D eigenvalue weighted by Crippen LogP contribution is -2.52. The Kier molecular flexibility index (Phi) is 5.46. The van der Waals surface area contributed by atoms with Crippen molar-refractivity contribution in [1.82, 2.24) is 0 Å². The highest BCUT2D eigenvalue weighted by molar-refractivity contribution is 5.19. The fourth-order valence-electron chi connectivity index (χ4n) is 8.60. The Balaban J connectivity index is 1.48. The molecule has 152 valence electrons. The SMILES string of the molecule is CC(C)CCC[C@@H](C)[C@H]1CC[C@H]2[C@@H]3CCC4C#CCC[C@]4(C)[C@H]3CC[C@]12C. The standard InChI is InChI=1S/C27H44/c1-19(2)9-8-10-20(3)23-14-15-24-22-13-12-21-11-6-7-17-26(21,4)25(22)16-18-27(23,24)5/h19-25H,7-10,12-18H2,1-5H3/t20-,21?,22+,23-,24+,25+,26+,27-/m1/s1. The van der Waals surface area contributed by atoms with E-state index in [0.29, 0.717) is 16.7 Å². The van der Waals surface area contributed by atoms with E-state index in [-0.39, 0.29) is 0 Å². The van der Waals surface area contributed by atoms with Gasteiger partial charge < -0.3 is 0 Å². The first kappa shape index (κ1) is 19.9. The quantitative estimate of drug-likeness (QED) is 0.436. The predicted molar refractivity (Wildman–Crippen MR) is 116 cm³/mol. The van der Waals surface area contributed by atoms with Gasteiger partial charge in [-0.15, -0.1) is 5.92 Å². The summed E-state index contributed by atoms with van der Waals surface area (Å²) in [6, 6.07) is 0. The van der Waals surface area contributed by atoms with Gasteiger partial charge in [-0.05, 0) is 91.3 Å². The summed E-state index contributed by atoms with van der Waals surface area (Å²) in [5, 5.41) is 0. The second-order valence-electron chi connectivity index (χ2n) is 11.9. The van der Waals surface area contributed by atoms with Crippen LogP contribution in [0.3, 0.4) is 0 Å². The van der Waals surface area contributed by atoms with Gasteiger partial charge in [0.1, 0.15) is 0 Å². The fourth-order valence-corrected chi connectivity index (χ4v) is 8.60. The van der Waals surface area contributed by atoms with Gasteiger partial charge in [-0.2, -0.15) is 0 Å². The summed E-state index contributed by atoms with van der Waals surface area (Å²) in [6.07, 6.45) is 15.8. The minimum Gasteiger partial charge on any atom is -0.103 e. The molecule has 0 saturated heterocycles. The summed E-state index contributed by atoms with van der Waals surface area (Å²) in [5.74, 6) is 13.6. The zero-order valence-corrected chi connectivity index (χ0v) is 18.8. The van der Waals surface area contributed by atoms with Gasteiger partial charge in [-0.25, -0.2) is 0 Å². The first-order valence-electron chi connectivity index (χ1n) is 12.3. The molecular weight excluding hydrogens is 324 g/mol. The van der Waals surface area contributed by atoms with Crippen LogP contribution in [0.2, 0.25) is 0 Å². The monoisotopic (exact) mass is 368 g/mol. The first-order valence-corrected chi connectivity index (χ1v) is 12.3. The molecule has 0 aromatic rings. The van der Waals surface area contributed by atoms with E-state index in [2.05, 4.69) is 46.5 Å². The van der Waals surface area contributed by atoms with Crippen molar-refractivity contribution in [2.24, 2.45) is 52.3 Å². The molecule has 0 bridgehead atoms. The zero-order chi connectivity index (χ0) is 19.2. The third-order valence-corrected chi connectivity index (χ3v) is 10.1. The van der Waals surface area contributed by atoms with E-state index in [4.69, 9.17) is 0 Å². The van der Waals surface area contributed by atoms with Crippen molar-refractivity contribution in [2.45, 2.75) is 105 Å². The minimum absolute atomic E-state index is 0.538. The van der Waals surface area contributed by atoms with Gasteiger partial charge in [0, 0.05) is 12.3 Å². The van der Waals surface area contributed by atoms with Gasteiger partial charge >= 0.3 is 0 Å². The van der Waals surface area contributed by atoms with E-state index in [1.165, 1.54) is 64.2 Å². The molecule has 0 aromatic carbocycles. The van der Waals surface area contributed by atoms with E-state index in [0.717, 1.165) is 41.9 Å². The molecule has 0 heterocycles. The molecule has 0 heteroatoms. The number of hydrogen-bond donors (Lipinski definition) is 0. The lowest BCUT2D eigenvalue weighted by Gasteiger charge is -2.59. The Hall–Kier alpha value is -0.440. The molecule has 0 nitrogen and oxygen atoms in total. The Morgan fingerprint density at radius 1 is 0.852 bits per heavy atom. The molecular formula is C27H44. The highest BCUT2D eigenvalue weighted by atomic mass is 14.6. The molecule has 27 heavy (non-hydrogen) atoms. The average Bonchev–Trinajstić information content (AvgIpc) is 2.98. The van der Waals surface area contributed by atoms with Crippen molar-refractivity contribution in [3.8, 4) is 11.8 Å². The molecule has 3 fully saturated rings. The van der Waals surface area contributed by atoms with Crippen LogP contribution < -0.4 is 0 Å². The maximum absolute atomic E-state index is 3.67. The summed E-state index contributed by atoms with van der Waals surface area (Å²) in [4.78, 5) is 0. The Bertz CT molecular complexity index is 591. The van der Waals surface area contributed by atoms with Crippen molar-refractivity contribution in [3.05, 3.63) is 0 Å². The van der Waals surface area contributed by atoms with Crippen molar-refractivity contribution in [1.29, 1.82) is 0 Å². The van der Waals surface area contributed by atoms with Gasteiger partial charge in [0.2, 0.25) is 0 Å². The number of rotatable bonds is 5. The van der Waals surface area contributed by atoms with Crippen LogP contribution in [0.4, 0.5) is 0 Å². The molecule has 4 aliphatic carbocycles. The molecule has 0 amide bonds. The smallest absolute Gasteiger partial charge is 0.0259 e. The molecule has 3 saturated carbocycles. The summed E-state index contributed by atoms with van der Waals surface area (Å²) in [6.45, 7) is 12.7. The summed E-state index contributed by atoms with van der Waals surface area (Å²) in [7, 11) is 0. The topological polar surface area (TPSA) is 0 Å². The molecule has 4 rings (SSSR count). The van der Waals surface area contributed by atoms with Crippen molar-refractivity contribution < 1.29 is 0 Å². The first-order chi connectivity index (χ1) is 12.9. The second kappa shape index (κ2) is 7.43. The third-order valence-electron chi connectivity index (χ3n) is 10.1. The summed E-state index contributed by atoms with van der Waals surface area (Å²) >= 11 is 0. The Labute approximate surface area is 169 Å². The van der Waals surface area contributed by atoms with Crippen LogP contribution in [0.15, 0.2) is 0 Å². The number of fused-ring (bicyclic) bond motifs is 5. The van der Waals surface area contributed by atoms with E-state index >= 15 is 0 Å². The Morgan fingerprint density at radius 2 is 1.63 bits per heavy atom. The van der Waals surface area contributed by atoms with Gasteiger partial charge in [-0.1, -0.05) is 59.8 Å². The summed E-state index contributed by atoms with van der Waals surface area (Å²) < 4.78 is 0. The van der Waals surface area contributed by atoms with Gasteiger partial charge in [0.05, 0.1) is 0 Å². The van der Waals surface area contributed by atoms with Crippen LogP contribution in [0, 0.1) is 64.1 Å². The molecule has 0 spiro atoms. The molecule has 0 radical (unpaired) electrons. The van der Waals surface area contributed by atoms with Gasteiger partial charge in [-0.3, -0.25) is 0 Å². The van der Waals surface area contributed by atoms with Crippen LogP contribution in [0.25, 0.3) is 0 Å². The van der Waals surface area contributed by atoms with E-state index in [9.17, 15) is 0 Å². The Morgan fingerprint density at radius 3 is 2.41 bits per heavy atom. The minimum atomic E-state index is 0.538. The van der Waals surface area contributed by atoms with Crippen LogP contribution in [0.5, 0.6) is 0 Å². The number of hydrogen-bond acceptors (Lipinski definition) is 0. The van der Waals surface area contributed by atoms with E-state index in [1.807, 2.05) is 0 Å².